The van der Waals surface area contributed by atoms with E-state index in [4.69, 9.17) is 46.8 Å². The number of hydrogen-bond acceptors (Lipinski definition) is 12. The Morgan fingerprint density at radius 2 is 0.545 bits per heavy atom. The molecule has 0 fully saturated rings. The number of hydrogen-bond donors (Lipinski definition) is 1. The molecule has 0 bridgehead atoms. The molecule has 0 saturated carbocycles. The second-order valence-corrected chi connectivity index (χ2v) is 15.0. The van der Waals surface area contributed by atoms with Crippen LogP contribution in [0.3, 0.4) is 0 Å². The van der Waals surface area contributed by atoms with Crippen LogP contribution in [0.4, 0.5) is 0 Å². The molecule has 0 unspecified atom stereocenters. The molecule has 0 saturated heterocycles. The van der Waals surface area contributed by atoms with E-state index in [0.29, 0.717) is 0 Å². The standard InChI is InChI=1S/C52H42O13S/c53-66(54,55)65-52(62-47-37-21-7-22-38-47,63-48-39-23-8-24-40-48)51(60-45-33-17-5-18-34-45,61-46-35-19-6-20-36-46)64-50(58-43-29-13-3-14-30-43,59-44-31-15-4-16-32-44)49(56-41-25-9-1-10-26-41)57-42-27-11-2-12-28-42/h1-40,49H,(H,53,54,55). The Labute approximate surface area is 381 Å². The summed E-state index contributed by atoms with van der Waals surface area (Å²) in [6.07, 6.45) is -1.90. The molecule has 66 heavy (non-hydrogen) atoms. The number of ether oxygens (including phenoxy) is 9. The van der Waals surface area contributed by atoms with Crippen LogP contribution in [0.1, 0.15) is 0 Å². The van der Waals surface area contributed by atoms with E-state index >= 15 is 0 Å². The zero-order valence-electron chi connectivity index (χ0n) is 34.9. The van der Waals surface area contributed by atoms with Crippen LogP contribution in [0.5, 0.6) is 46.0 Å². The van der Waals surface area contributed by atoms with Crippen LogP contribution in [0.25, 0.3) is 0 Å². The first-order valence-corrected chi connectivity index (χ1v) is 21.8. The van der Waals surface area contributed by atoms with Crippen LogP contribution < -0.4 is 37.9 Å². The second kappa shape index (κ2) is 20.7. The lowest BCUT2D eigenvalue weighted by Crippen LogP contribution is -2.76. The van der Waals surface area contributed by atoms with Gasteiger partial charge in [0.15, 0.2) is 0 Å². The quantitative estimate of drug-likeness (QED) is 0.0509. The van der Waals surface area contributed by atoms with Crippen molar-refractivity contribution in [2.45, 2.75) is 24.2 Å². The van der Waals surface area contributed by atoms with Crippen LogP contribution >= 0.6 is 0 Å². The van der Waals surface area contributed by atoms with Crippen molar-refractivity contribution in [1.29, 1.82) is 0 Å². The minimum atomic E-state index is -5.71. The van der Waals surface area contributed by atoms with Gasteiger partial charge in [-0.2, -0.15) is 12.6 Å². The normalized spacial score (nSPS) is 11.8. The lowest BCUT2D eigenvalue weighted by atomic mass is 10.3. The van der Waals surface area contributed by atoms with Crippen LogP contribution in [-0.2, 0) is 19.3 Å². The highest BCUT2D eigenvalue weighted by Crippen LogP contribution is 2.45. The highest BCUT2D eigenvalue weighted by Gasteiger charge is 2.75. The third-order valence-corrected chi connectivity index (χ3v) is 9.55. The van der Waals surface area contributed by atoms with E-state index in [1.807, 2.05) is 0 Å². The summed E-state index contributed by atoms with van der Waals surface area (Å²) in [5.74, 6) is -9.31. The molecule has 8 aromatic carbocycles. The van der Waals surface area contributed by atoms with Gasteiger partial charge in [-0.15, -0.1) is 0 Å². The third-order valence-electron chi connectivity index (χ3n) is 9.12. The van der Waals surface area contributed by atoms with Crippen LogP contribution in [0.15, 0.2) is 243 Å². The van der Waals surface area contributed by atoms with Gasteiger partial charge >= 0.3 is 34.6 Å². The lowest BCUT2D eigenvalue weighted by molar-refractivity contribution is -0.539. The zero-order chi connectivity index (χ0) is 45.6. The van der Waals surface area contributed by atoms with E-state index in [1.165, 1.54) is 48.5 Å². The summed E-state index contributed by atoms with van der Waals surface area (Å²) in [5.41, 5.74) is 0. The molecule has 334 valence electrons. The van der Waals surface area contributed by atoms with Gasteiger partial charge in [0, 0.05) is 0 Å². The van der Waals surface area contributed by atoms with Crippen molar-refractivity contribution in [2.75, 3.05) is 0 Å². The Hall–Kier alpha value is -8.01. The fourth-order valence-corrected chi connectivity index (χ4v) is 6.76. The first-order chi connectivity index (χ1) is 32.2. The lowest BCUT2D eigenvalue weighted by Gasteiger charge is -2.48. The fraction of sp³-hybridized carbons (Fsp3) is 0.0769. The van der Waals surface area contributed by atoms with Gasteiger partial charge in [0.2, 0.25) is 0 Å². The molecule has 0 atom stereocenters. The van der Waals surface area contributed by atoms with E-state index in [2.05, 4.69) is 0 Å². The molecule has 0 radical (unpaired) electrons. The molecular formula is C52H42O13S. The Bertz CT molecular complexity index is 2610. The summed E-state index contributed by atoms with van der Waals surface area (Å²) >= 11 is 0. The van der Waals surface area contributed by atoms with Crippen molar-refractivity contribution in [1.82, 2.24) is 0 Å². The van der Waals surface area contributed by atoms with Crippen LogP contribution in [-0.4, -0.2) is 37.2 Å². The maximum atomic E-state index is 13.6. The number of benzene rings is 8. The monoisotopic (exact) mass is 906 g/mol. The van der Waals surface area contributed by atoms with E-state index in [-0.39, 0.29) is 46.0 Å². The average Bonchev–Trinajstić information content (AvgIpc) is 3.33. The number of rotatable bonds is 22. The molecule has 0 aliphatic rings. The predicted octanol–water partition coefficient (Wildman–Crippen LogP) is 10.7. The van der Waals surface area contributed by atoms with E-state index in [0.717, 1.165) is 0 Å². The van der Waals surface area contributed by atoms with Crippen molar-refractivity contribution < 1.29 is 59.8 Å². The molecule has 0 aliphatic heterocycles. The predicted molar refractivity (Wildman–Crippen MR) is 242 cm³/mol. The van der Waals surface area contributed by atoms with E-state index in [1.54, 1.807) is 194 Å². The Morgan fingerprint density at radius 1 is 0.318 bits per heavy atom. The molecule has 0 heterocycles. The molecule has 13 nitrogen and oxygen atoms in total. The first kappa shape index (κ1) is 44.6. The maximum absolute atomic E-state index is 13.6. The van der Waals surface area contributed by atoms with Crippen molar-refractivity contribution >= 4 is 10.4 Å². The van der Waals surface area contributed by atoms with Crippen molar-refractivity contribution in [3.05, 3.63) is 243 Å². The minimum Gasteiger partial charge on any atom is -0.446 e. The average molecular weight is 907 g/mol. The molecule has 1 N–H and O–H groups in total. The summed E-state index contributed by atoms with van der Waals surface area (Å²) in [4.78, 5) is 0. The Balaban J connectivity index is 1.50. The molecule has 0 spiro atoms. The topological polar surface area (TPSA) is 147 Å². The molecule has 14 heteroatoms. The highest BCUT2D eigenvalue weighted by molar-refractivity contribution is 7.80. The highest BCUT2D eigenvalue weighted by atomic mass is 32.3. The SMILES string of the molecule is O=S(=O)(O)OC(Oc1ccccc1)(Oc1ccccc1)C(Oc1ccccc1)(Oc1ccccc1)OC(Oc1ccccc1)(Oc1ccccc1)C(Oc1ccccc1)Oc1ccccc1. The van der Waals surface area contributed by atoms with Gasteiger partial charge in [0.1, 0.15) is 46.0 Å². The molecule has 0 amide bonds. The van der Waals surface area contributed by atoms with Crippen molar-refractivity contribution in [3.8, 4) is 46.0 Å². The third kappa shape index (κ3) is 11.6. The smallest absolute Gasteiger partial charge is 0.446 e. The minimum absolute atomic E-state index is 0.0390. The Morgan fingerprint density at radius 3 is 0.803 bits per heavy atom. The second-order valence-electron chi connectivity index (χ2n) is 14.0. The van der Waals surface area contributed by atoms with E-state index < -0.39 is 34.6 Å². The molecule has 0 aliphatic carbocycles. The fourth-order valence-electron chi connectivity index (χ4n) is 6.31. The van der Waals surface area contributed by atoms with Gasteiger partial charge in [0.25, 0.3) is 0 Å². The van der Waals surface area contributed by atoms with E-state index in [9.17, 15) is 13.0 Å². The summed E-state index contributed by atoms with van der Waals surface area (Å²) < 4.78 is 106. The molecule has 0 aromatic heterocycles. The van der Waals surface area contributed by atoms with Crippen molar-refractivity contribution in [3.63, 3.8) is 0 Å². The summed E-state index contributed by atoms with van der Waals surface area (Å²) in [5, 5.41) is 0. The van der Waals surface area contributed by atoms with Gasteiger partial charge in [-0.05, 0) is 97.1 Å². The molecule has 8 rings (SSSR count). The number of para-hydroxylation sites is 8. The zero-order valence-corrected chi connectivity index (χ0v) is 35.7. The summed E-state index contributed by atoms with van der Waals surface area (Å²) in [6, 6.07) is 65.7. The van der Waals surface area contributed by atoms with Gasteiger partial charge in [-0.25, -0.2) is 4.74 Å². The van der Waals surface area contributed by atoms with Gasteiger partial charge in [-0.1, -0.05) is 146 Å². The Kier molecular flexibility index (Phi) is 14.0. The molecule has 8 aromatic rings. The maximum Gasteiger partial charge on any atom is 0.502 e. The van der Waals surface area contributed by atoms with Crippen molar-refractivity contribution in [2.24, 2.45) is 0 Å². The van der Waals surface area contributed by atoms with Crippen LogP contribution in [0.2, 0.25) is 0 Å². The van der Waals surface area contributed by atoms with Gasteiger partial charge in [-0.3, -0.25) is 4.55 Å². The van der Waals surface area contributed by atoms with Gasteiger partial charge < -0.3 is 37.9 Å². The van der Waals surface area contributed by atoms with Crippen LogP contribution in [0, 0.1) is 0 Å². The summed E-state index contributed by atoms with van der Waals surface area (Å²) in [6.45, 7) is 0. The van der Waals surface area contributed by atoms with Gasteiger partial charge in [0.05, 0.1) is 0 Å². The summed E-state index contributed by atoms with van der Waals surface area (Å²) in [7, 11) is -5.71. The first-order valence-electron chi connectivity index (χ1n) is 20.4. The largest absolute Gasteiger partial charge is 0.502 e. The molecular weight excluding hydrogens is 865 g/mol.